The fourth-order valence-electron chi connectivity index (χ4n) is 3.32. The van der Waals surface area contributed by atoms with E-state index >= 15 is 0 Å². The van der Waals surface area contributed by atoms with Crippen molar-refractivity contribution in [1.29, 1.82) is 0 Å². The summed E-state index contributed by atoms with van der Waals surface area (Å²) in [6.45, 7) is 2.18. The first kappa shape index (κ1) is 15.0. The lowest BCUT2D eigenvalue weighted by atomic mass is 10.0. The van der Waals surface area contributed by atoms with E-state index in [1.807, 2.05) is 31.7 Å². The van der Waals surface area contributed by atoms with Gasteiger partial charge in [0.25, 0.3) is 0 Å². The van der Waals surface area contributed by atoms with Gasteiger partial charge in [0, 0.05) is 43.8 Å². The molecule has 1 atom stereocenters. The van der Waals surface area contributed by atoms with Gasteiger partial charge >= 0.3 is 0 Å². The van der Waals surface area contributed by atoms with Crippen LogP contribution >= 0.6 is 0 Å². The number of nitrogens with one attached hydrogen (secondary N) is 1. The minimum absolute atomic E-state index is 0.679. The van der Waals surface area contributed by atoms with Crippen LogP contribution in [0, 0.1) is 0 Å². The molecule has 0 unspecified atom stereocenters. The molecule has 1 aliphatic heterocycles. The minimum Gasteiger partial charge on any atom is -0.373 e. The number of hydrogen-bond acceptors (Lipinski definition) is 4. The van der Waals surface area contributed by atoms with Gasteiger partial charge < -0.3 is 5.32 Å². The Labute approximate surface area is 132 Å². The van der Waals surface area contributed by atoms with Crippen LogP contribution in [-0.2, 0) is 13.0 Å². The Morgan fingerprint density at radius 2 is 2.09 bits per heavy atom. The predicted molar refractivity (Wildman–Crippen MR) is 89.8 cm³/mol. The molecule has 0 saturated carbocycles. The van der Waals surface area contributed by atoms with E-state index in [2.05, 4.69) is 38.4 Å². The van der Waals surface area contributed by atoms with Crippen molar-refractivity contribution in [3.05, 3.63) is 54.0 Å². The predicted octanol–water partition coefficient (Wildman–Crippen LogP) is 3.12. The van der Waals surface area contributed by atoms with Crippen molar-refractivity contribution >= 4 is 5.82 Å². The summed E-state index contributed by atoms with van der Waals surface area (Å²) in [4.78, 5) is 11.1. The molecule has 3 heterocycles. The zero-order chi connectivity index (χ0) is 15.2. The Morgan fingerprint density at radius 3 is 2.91 bits per heavy atom. The SMILES string of the molecule is CNc1ncccc1CN1CCC[C@@H]1CCc1ccncc1. The molecule has 4 nitrogen and oxygen atoms in total. The van der Waals surface area contributed by atoms with E-state index in [1.165, 1.54) is 36.9 Å². The summed E-state index contributed by atoms with van der Waals surface area (Å²) in [6.07, 6.45) is 10.6. The third-order valence-electron chi connectivity index (χ3n) is 4.52. The number of aryl methyl sites for hydroxylation is 1. The normalized spacial score (nSPS) is 18.5. The maximum absolute atomic E-state index is 4.41. The smallest absolute Gasteiger partial charge is 0.130 e. The summed E-state index contributed by atoms with van der Waals surface area (Å²) >= 11 is 0. The summed E-state index contributed by atoms with van der Waals surface area (Å²) in [7, 11) is 1.94. The molecule has 1 N–H and O–H groups in total. The molecule has 1 aliphatic rings. The summed E-state index contributed by atoms with van der Waals surface area (Å²) in [5, 5.41) is 3.20. The lowest BCUT2D eigenvalue weighted by Crippen LogP contribution is -2.29. The maximum atomic E-state index is 4.41. The van der Waals surface area contributed by atoms with Crippen LogP contribution in [0.4, 0.5) is 5.82 Å². The highest BCUT2D eigenvalue weighted by Crippen LogP contribution is 2.25. The Kier molecular flexibility index (Phi) is 5.01. The molecule has 0 amide bonds. The molecule has 1 fully saturated rings. The van der Waals surface area contributed by atoms with Crippen molar-refractivity contribution in [2.75, 3.05) is 18.9 Å². The quantitative estimate of drug-likeness (QED) is 0.889. The van der Waals surface area contributed by atoms with E-state index in [4.69, 9.17) is 0 Å². The van der Waals surface area contributed by atoms with Gasteiger partial charge in [0.05, 0.1) is 0 Å². The standard InChI is InChI=1S/C18H24N4/c1-19-18-16(4-2-10-21-18)14-22-13-3-5-17(22)7-6-15-8-11-20-12-9-15/h2,4,8-12,17H,3,5-7,13-14H2,1H3,(H,19,21)/t17-/m1/s1. The van der Waals surface area contributed by atoms with Gasteiger partial charge in [-0.2, -0.15) is 0 Å². The average molecular weight is 296 g/mol. The van der Waals surface area contributed by atoms with Gasteiger partial charge in [-0.1, -0.05) is 6.07 Å². The van der Waals surface area contributed by atoms with Crippen LogP contribution in [0.3, 0.4) is 0 Å². The molecule has 0 spiro atoms. The molecule has 0 radical (unpaired) electrons. The second kappa shape index (κ2) is 7.36. The molecule has 1 saturated heterocycles. The van der Waals surface area contributed by atoms with Gasteiger partial charge in [0.15, 0.2) is 0 Å². The number of hydrogen-bond donors (Lipinski definition) is 1. The van der Waals surface area contributed by atoms with Crippen LogP contribution in [0.2, 0.25) is 0 Å². The highest BCUT2D eigenvalue weighted by atomic mass is 15.2. The van der Waals surface area contributed by atoms with Gasteiger partial charge in [-0.25, -0.2) is 4.98 Å². The van der Waals surface area contributed by atoms with E-state index in [9.17, 15) is 0 Å². The summed E-state index contributed by atoms with van der Waals surface area (Å²) < 4.78 is 0. The highest BCUT2D eigenvalue weighted by molar-refractivity contribution is 5.42. The van der Waals surface area contributed by atoms with Gasteiger partial charge in [-0.15, -0.1) is 0 Å². The second-order valence-corrected chi connectivity index (χ2v) is 5.92. The molecule has 4 heteroatoms. The Hall–Kier alpha value is -1.94. The van der Waals surface area contributed by atoms with Gasteiger partial charge in [0.1, 0.15) is 5.82 Å². The van der Waals surface area contributed by atoms with Crippen molar-refractivity contribution < 1.29 is 0 Å². The number of aromatic nitrogens is 2. The van der Waals surface area contributed by atoms with Gasteiger partial charge in [-0.3, -0.25) is 9.88 Å². The molecule has 0 aromatic carbocycles. The third-order valence-corrected chi connectivity index (χ3v) is 4.52. The number of likely N-dealkylation sites (tertiary alicyclic amines) is 1. The summed E-state index contributed by atoms with van der Waals surface area (Å²) in [5.74, 6) is 1.00. The van der Waals surface area contributed by atoms with Gasteiger partial charge in [0.2, 0.25) is 0 Å². The van der Waals surface area contributed by atoms with E-state index in [1.54, 1.807) is 0 Å². The molecular weight excluding hydrogens is 272 g/mol. The number of nitrogens with zero attached hydrogens (tertiary/aromatic N) is 3. The van der Waals surface area contributed by atoms with Crippen LogP contribution in [0.1, 0.15) is 30.4 Å². The first-order chi connectivity index (χ1) is 10.9. The van der Waals surface area contributed by atoms with Crippen LogP contribution in [-0.4, -0.2) is 34.5 Å². The van der Waals surface area contributed by atoms with Crippen molar-refractivity contribution in [3.8, 4) is 0 Å². The monoisotopic (exact) mass is 296 g/mol. The van der Waals surface area contributed by atoms with Crippen LogP contribution in [0.25, 0.3) is 0 Å². The molecule has 116 valence electrons. The lowest BCUT2D eigenvalue weighted by molar-refractivity contribution is 0.235. The van der Waals surface area contributed by atoms with Crippen LogP contribution in [0.5, 0.6) is 0 Å². The second-order valence-electron chi connectivity index (χ2n) is 5.92. The highest BCUT2D eigenvalue weighted by Gasteiger charge is 2.24. The van der Waals surface area contributed by atoms with Crippen molar-refractivity contribution in [1.82, 2.24) is 14.9 Å². The van der Waals surface area contributed by atoms with Crippen molar-refractivity contribution in [3.63, 3.8) is 0 Å². The largest absolute Gasteiger partial charge is 0.373 e. The number of anilines is 1. The molecular formula is C18H24N4. The van der Waals surface area contributed by atoms with E-state index < -0.39 is 0 Å². The molecule has 2 aromatic rings. The van der Waals surface area contributed by atoms with Crippen LogP contribution in [0.15, 0.2) is 42.9 Å². The van der Waals surface area contributed by atoms with Crippen LogP contribution < -0.4 is 5.32 Å². The molecule has 2 aromatic heterocycles. The van der Waals surface area contributed by atoms with E-state index in [0.29, 0.717) is 6.04 Å². The van der Waals surface area contributed by atoms with Gasteiger partial charge in [-0.05, 0) is 56.0 Å². The van der Waals surface area contributed by atoms with Crippen molar-refractivity contribution in [2.24, 2.45) is 0 Å². The topological polar surface area (TPSA) is 41.1 Å². The first-order valence-corrected chi connectivity index (χ1v) is 8.11. The third kappa shape index (κ3) is 3.63. The Balaban J connectivity index is 1.61. The average Bonchev–Trinajstić information content (AvgIpc) is 3.01. The van der Waals surface area contributed by atoms with E-state index in [0.717, 1.165) is 18.8 Å². The summed E-state index contributed by atoms with van der Waals surface area (Å²) in [5.41, 5.74) is 2.68. The van der Waals surface area contributed by atoms with Crippen molar-refractivity contribution in [2.45, 2.75) is 38.3 Å². The number of pyridine rings is 2. The fourth-order valence-corrected chi connectivity index (χ4v) is 3.32. The minimum atomic E-state index is 0.679. The lowest BCUT2D eigenvalue weighted by Gasteiger charge is -2.25. The molecule has 22 heavy (non-hydrogen) atoms. The number of rotatable bonds is 6. The first-order valence-electron chi connectivity index (χ1n) is 8.11. The zero-order valence-corrected chi connectivity index (χ0v) is 13.2. The molecule has 0 bridgehead atoms. The maximum Gasteiger partial charge on any atom is 0.130 e. The molecule has 0 aliphatic carbocycles. The Bertz CT molecular complexity index is 585. The Morgan fingerprint density at radius 1 is 1.23 bits per heavy atom. The summed E-state index contributed by atoms with van der Waals surface area (Å²) in [6, 6.07) is 9.13. The van der Waals surface area contributed by atoms with E-state index in [-0.39, 0.29) is 0 Å². The fraction of sp³-hybridized carbons (Fsp3) is 0.444. The molecule has 3 rings (SSSR count). The zero-order valence-electron chi connectivity index (χ0n) is 13.2.